The summed E-state index contributed by atoms with van der Waals surface area (Å²) < 4.78 is 11.5. The molecule has 1 amide bonds. The van der Waals surface area contributed by atoms with Crippen molar-refractivity contribution in [2.75, 3.05) is 19.5 Å². The molecule has 4 aromatic rings. The number of hydrogen-bond acceptors (Lipinski definition) is 6. The summed E-state index contributed by atoms with van der Waals surface area (Å²) in [4.78, 5) is 17.4. The first kappa shape index (κ1) is 22.2. The lowest BCUT2D eigenvalue weighted by molar-refractivity contribution is 0.0975. The van der Waals surface area contributed by atoms with Crippen LogP contribution in [0.15, 0.2) is 64.5 Å². The number of thiazole rings is 1. The molecule has 0 atom stereocenters. The zero-order chi connectivity index (χ0) is 22.7. The van der Waals surface area contributed by atoms with Gasteiger partial charge in [0.05, 0.1) is 29.9 Å². The first-order valence-corrected chi connectivity index (χ1v) is 11.5. The summed E-state index contributed by atoms with van der Waals surface area (Å²) in [5.74, 6) is 0.863. The number of anilines is 1. The molecule has 0 aliphatic rings. The number of amides is 1. The molecule has 0 spiro atoms. The second-order valence-corrected chi connectivity index (χ2v) is 8.82. The lowest BCUT2D eigenvalue weighted by Crippen LogP contribution is -2.34. The van der Waals surface area contributed by atoms with E-state index in [-0.39, 0.29) is 11.0 Å². The van der Waals surface area contributed by atoms with Crippen molar-refractivity contribution < 1.29 is 14.3 Å². The lowest BCUT2D eigenvalue weighted by Gasteiger charge is -2.12. The Kier molecular flexibility index (Phi) is 6.69. The van der Waals surface area contributed by atoms with Gasteiger partial charge in [0.1, 0.15) is 11.5 Å². The number of halogens is 1. The summed E-state index contributed by atoms with van der Waals surface area (Å²) in [7, 11) is 3.15. The average molecular weight is 528 g/mol. The smallest absolute Gasteiger partial charge is 0.261 e. The molecule has 0 bridgehead atoms. The molecule has 162 valence electrons. The maximum absolute atomic E-state index is 12.8. The number of benzene rings is 3. The molecule has 0 saturated heterocycles. The fourth-order valence-corrected chi connectivity index (χ4v) is 4.67. The van der Waals surface area contributed by atoms with Gasteiger partial charge < -0.3 is 14.8 Å². The fourth-order valence-electron chi connectivity index (χ4n) is 3.15. The van der Waals surface area contributed by atoms with Crippen LogP contribution in [0.3, 0.4) is 0 Å². The molecule has 6 nitrogen and oxygen atoms in total. The molecule has 1 aromatic heterocycles. The molecule has 0 aliphatic heterocycles. The van der Waals surface area contributed by atoms with E-state index in [1.165, 1.54) is 18.4 Å². The number of nitrogens with one attached hydrogen (secondary N) is 2. The number of fused-ring (bicyclic) bond motifs is 1. The zero-order valence-corrected chi connectivity index (χ0v) is 20.4. The Morgan fingerprint density at radius 3 is 2.44 bits per heavy atom. The van der Waals surface area contributed by atoms with Gasteiger partial charge in [-0.2, -0.15) is 0 Å². The molecule has 0 radical (unpaired) electrons. The van der Waals surface area contributed by atoms with Gasteiger partial charge in [0, 0.05) is 10.9 Å². The van der Waals surface area contributed by atoms with Gasteiger partial charge in [0.15, 0.2) is 10.2 Å². The topological polar surface area (TPSA) is 72.5 Å². The van der Waals surface area contributed by atoms with Gasteiger partial charge in [0.25, 0.3) is 5.91 Å². The van der Waals surface area contributed by atoms with Crippen molar-refractivity contribution in [1.29, 1.82) is 0 Å². The minimum atomic E-state index is -0.360. The van der Waals surface area contributed by atoms with E-state index in [1.54, 1.807) is 13.2 Å². The molecule has 2 N–H and O–H groups in total. The van der Waals surface area contributed by atoms with Crippen LogP contribution in [0.25, 0.3) is 22.0 Å². The Morgan fingerprint density at radius 1 is 1.03 bits per heavy atom. The molecule has 3 aromatic carbocycles. The van der Waals surface area contributed by atoms with Crippen molar-refractivity contribution in [3.05, 3.63) is 70.0 Å². The number of rotatable bonds is 5. The molecular formula is C23H18BrN3O3S2. The summed E-state index contributed by atoms with van der Waals surface area (Å²) >= 11 is 10.2. The summed E-state index contributed by atoms with van der Waals surface area (Å²) in [6.07, 6.45) is 0. The second kappa shape index (κ2) is 9.64. The van der Waals surface area contributed by atoms with E-state index in [1.807, 2.05) is 53.9 Å². The highest BCUT2D eigenvalue weighted by Gasteiger charge is 2.16. The highest BCUT2D eigenvalue weighted by molar-refractivity contribution is 9.10. The maximum Gasteiger partial charge on any atom is 0.261 e. The molecule has 9 heteroatoms. The van der Waals surface area contributed by atoms with E-state index in [9.17, 15) is 4.79 Å². The maximum atomic E-state index is 12.8. The summed E-state index contributed by atoms with van der Waals surface area (Å²) in [6.45, 7) is 0. The third kappa shape index (κ3) is 4.74. The van der Waals surface area contributed by atoms with Crippen LogP contribution in [0.2, 0.25) is 0 Å². The number of carbonyl (C=O) groups excluding carboxylic acids is 1. The van der Waals surface area contributed by atoms with Crippen LogP contribution in [0.5, 0.6) is 11.5 Å². The summed E-state index contributed by atoms with van der Waals surface area (Å²) in [6, 6.07) is 17.1. The summed E-state index contributed by atoms with van der Waals surface area (Å²) in [5.41, 5.74) is 2.11. The molecule has 1 heterocycles. The third-order valence-electron chi connectivity index (χ3n) is 4.71. The van der Waals surface area contributed by atoms with Crippen LogP contribution < -0.4 is 20.1 Å². The Bertz CT molecular complexity index is 1320. The van der Waals surface area contributed by atoms with Crippen molar-refractivity contribution in [3.63, 3.8) is 0 Å². The van der Waals surface area contributed by atoms with Crippen LogP contribution >= 0.6 is 39.5 Å². The molecule has 0 saturated carbocycles. The first-order chi connectivity index (χ1) is 15.5. The third-order valence-corrected chi connectivity index (χ3v) is 6.29. The number of methoxy groups -OCH3 is 2. The van der Waals surface area contributed by atoms with Gasteiger partial charge in [-0.25, -0.2) is 4.98 Å². The Balaban J connectivity index is 1.47. The average Bonchev–Trinajstić information content (AvgIpc) is 3.26. The lowest BCUT2D eigenvalue weighted by atomic mass is 10.1. The van der Waals surface area contributed by atoms with Crippen LogP contribution in [0.4, 0.5) is 5.13 Å². The van der Waals surface area contributed by atoms with E-state index in [4.69, 9.17) is 21.7 Å². The highest BCUT2D eigenvalue weighted by atomic mass is 79.9. The van der Waals surface area contributed by atoms with Crippen molar-refractivity contribution in [2.24, 2.45) is 0 Å². The minimum absolute atomic E-state index is 0.155. The van der Waals surface area contributed by atoms with E-state index in [0.29, 0.717) is 16.4 Å². The minimum Gasteiger partial charge on any atom is -0.496 e. The monoisotopic (exact) mass is 527 g/mol. The normalized spacial score (nSPS) is 10.6. The van der Waals surface area contributed by atoms with E-state index >= 15 is 0 Å². The highest BCUT2D eigenvalue weighted by Crippen LogP contribution is 2.32. The van der Waals surface area contributed by atoms with Gasteiger partial charge in [-0.05, 0) is 69.3 Å². The Labute approximate surface area is 202 Å². The second-order valence-electron chi connectivity index (χ2n) is 6.70. The molecule has 0 fully saturated rings. The van der Waals surface area contributed by atoms with E-state index in [2.05, 4.69) is 31.5 Å². The van der Waals surface area contributed by atoms with Gasteiger partial charge in [-0.1, -0.05) is 24.3 Å². The molecular weight excluding hydrogens is 510 g/mol. The van der Waals surface area contributed by atoms with Crippen LogP contribution in [-0.2, 0) is 0 Å². The Morgan fingerprint density at radius 2 is 1.75 bits per heavy atom. The number of thiocarbonyl (C=S) groups is 1. The standard InChI is InChI=1S/C23H18BrN3O3S2/c1-29-19-8-7-15(10-17(19)24)18-12-32-23(25-18)27-22(31)26-21(28)16-9-13-5-3-4-6-14(13)11-20(16)30-2/h3-12H,1-2H3,(H2,25,26,27,28,31). The molecule has 0 aliphatic carbocycles. The van der Waals surface area contributed by atoms with Crippen LogP contribution in [0.1, 0.15) is 10.4 Å². The Hall–Kier alpha value is -3.01. The fraction of sp³-hybridized carbons (Fsp3) is 0.0870. The predicted octanol–water partition coefficient (Wildman–Crippen LogP) is 5.87. The first-order valence-electron chi connectivity index (χ1n) is 9.47. The zero-order valence-electron chi connectivity index (χ0n) is 17.1. The molecule has 32 heavy (non-hydrogen) atoms. The van der Waals surface area contributed by atoms with Crippen molar-refractivity contribution >= 4 is 66.4 Å². The van der Waals surface area contributed by atoms with Gasteiger partial charge in [0.2, 0.25) is 0 Å². The number of carbonyl (C=O) groups is 1. The van der Waals surface area contributed by atoms with E-state index < -0.39 is 0 Å². The SMILES string of the molecule is COc1ccc(-c2csc(NC(=S)NC(=O)c3cc4ccccc4cc3OC)n2)cc1Br. The number of ether oxygens (including phenoxy) is 2. The largest absolute Gasteiger partial charge is 0.496 e. The van der Waals surface area contributed by atoms with Crippen molar-refractivity contribution in [1.82, 2.24) is 10.3 Å². The predicted molar refractivity (Wildman–Crippen MR) is 136 cm³/mol. The number of aromatic nitrogens is 1. The van der Waals surface area contributed by atoms with E-state index in [0.717, 1.165) is 32.3 Å². The molecule has 0 unspecified atom stereocenters. The number of nitrogens with zero attached hydrogens (tertiary/aromatic N) is 1. The molecule has 4 rings (SSSR count). The van der Waals surface area contributed by atoms with Crippen LogP contribution in [-0.4, -0.2) is 30.2 Å². The van der Waals surface area contributed by atoms with Gasteiger partial charge in [-0.15, -0.1) is 11.3 Å². The number of hydrogen-bond donors (Lipinski definition) is 2. The van der Waals surface area contributed by atoms with Crippen molar-refractivity contribution in [3.8, 4) is 22.8 Å². The van der Waals surface area contributed by atoms with Crippen LogP contribution in [0, 0.1) is 0 Å². The quantitative estimate of drug-likeness (QED) is 0.316. The summed E-state index contributed by atoms with van der Waals surface area (Å²) in [5, 5.41) is 10.2. The van der Waals surface area contributed by atoms with Gasteiger partial charge >= 0.3 is 0 Å². The van der Waals surface area contributed by atoms with Gasteiger partial charge in [-0.3, -0.25) is 10.1 Å². The van der Waals surface area contributed by atoms with Crippen molar-refractivity contribution in [2.45, 2.75) is 0 Å².